The fourth-order valence-corrected chi connectivity index (χ4v) is 2.78. The van der Waals surface area contributed by atoms with Gasteiger partial charge in [0.2, 0.25) is 0 Å². The zero-order valence-electron chi connectivity index (χ0n) is 15.3. The number of hydrogen-bond acceptors (Lipinski definition) is 2. The minimum atomic E-state index is 0.783. The molecule has 1 heterocycles. The summed E-state index contributed by atoms with van der Waals surface area (Å²) in [5, 5.41) is 10.9. The molecule has 0 aliphatic rings. The van der Waals surface area contributed by atoms with Gasteiger partial charge in [0, 0.05) is 32.9 Å². The third kappa shape index (κ3) is 6.07. The van der Waals surface area contributed by atoms with Crippen LogP contribution in [0.2, 0.25) is 0 Å². The third-order valence-electron chi connectivity index (χ3n) is 3.76. The van der Waals surface area contributed by atoms with Crippen molar-refractivity contribution in [3.63, 3.8) is 0 Å². The van der Waals surface area contributed by atoms with E-state index in [9.17, 15) is 0 Å². The Kier molecular flexibility index (Phi) is 6.85. The molecule has 0 amide bonds. The highest BCUT2D eigenvalue weighted by atomic mass is 15.2. The second-order valence-corrected chi connectivity index (χ2v) is 6.21. The van der Waals surface area contributed by atoms with Crippen LogP contribution in [0.3, 0.4) is 0 Å². The van der Waals surface area contributed by atoms with Gasteiger partial charge < -0.3 is 10.6 Å². The number of hydrogen-bond donors (Lipinski definition) is 2. The van der Waals surface area contributed by atoms with Gasteiger partial charge in [-0.3, -0.25) is 9.67 Å². The van der Waals surface area contributed by atoms with Crippen molar-refractivity contribution in [2.45, 2.75) is 33.6 Å². The van der Waals surface area contributed by atoms with Gasteiger partial charge in [-0.15, -0.1) is 0 Å². The zero-order valence-corrected chi connectivity index (χ0v) is 15.3. The monoisotopic (exact) mass is 327 g/mol. The molecule has 0 unspecified atom stereocenters. The summed E-state index contributed by atoms with van der Waals surface area (Å²) in [4.78, 5) is 4.68. The van der Waals surface area contributed by atoms with E-state index in [1.165, 1.54) is 22.3 Å². The fraction of sp³-hybridized carbons (Fsp3) is 0.474. The molecule has 0 radical (unpaired) electrons. The fourth-order valence-electron chi connectivity index (χ4n) is 2.78. The zero-order chi connectivity index (χ0) is 17.4. The first-order valence-corrected chi connectivity index (χ1v) is 8.63. The Hall–Kier alpha value is -2.30. The number of nitrogens with one attached hydrogen (secondary N) is 2. The van der Waals surface area contributed by atoms with Crippen LogP contribution in [0, 0.1) is 13.8 Å². The van der Waals surface area contributed by atoms with Crippen LogP contribution in [0.15, 0.2) is 35.6 Å². The number of guanidine groups is 1. The molecule has 2 aromatic rings. The van der Waals surface area contributed by atoms with E-state index in [0.717, 1.165) is 38.4 Å². The Balaban J connectivity index is 1.83. The molecule has 0 saturated heterocycles. The molecule has 130 valence electrons. The molecule has 0 spiro atoms. The number of aliphatic imine (C=N–C) groups is 1. The first kappa shape index (κ1) is 18.0. The van der Waals surface area contributed by atoms with Gasteiger partial charge in [0.25, 0.3) is 0 Å². The van der Waals surface area contributed by atoms with E-state index in [1.807, 2.05) is 24.1 Å². The number of rotatable bonds is 7. The Bertz CT molecular complexity index is 652. The van der Waals surface area contributed by atoms with E-state index in [0.29, 0.717) is 0 Å². The van der Waals surface area contributed by atoms with Crippen LogP contribution in [-0.4, -0.2) is 35.4 Å². The summed E-state index contributed by atoms with van der Waals surface area (Å²) in [5.74, 6) is 0.880. The molecule has 0 bridgehead atoms. The smallest absolute Gasteiger partial charge is 0.191 e. The van der Waals surface area contributed by atoms with E-state index in [-0.39, 0.29) is 0 Å². The molecule has 1 aromatic heterocycles. The quantitative estimate of drug-likeness (QED) is 0.606. The van der Waals surface area contributed by atoms with Crippen molar-refractivity contribution in [2.24, 2.45) is 12.0 Å². The lowest BCUT2D eigenvalue weighted by Crippen LogP contribution is -2.38. The number of aromatic nitrogens is 2. The summed E-state index contributed by atoms with van der Waals surface area (Å²) in [6.45, 7) is 8.87. The van der Waals surface area contributed by atoms with Crippen LogP contribution >= 0.6 is 0 Å². The van der Waals surface area contributed by atoms with Crippen LogP contribution in [0.4, 0.5) is 0 Å². The molecule has 0 aliphatic heterocycles. The van der Waals surface area contributed by atoms with Gasteiger partial charge in [0.05, 0.1) is 6.20 Å². The maximum atomic E-state index is 4.68. The van der Waals surface area contributed by atoms with Gasteiger partial charge in [-0.25, -0.2) is 0 Å². The second kappa shape index (κ2) is 9.11. The average molecular weight is 327 g/mol. The molecule has 2 rings (SSSR count). The average Bonchev–Trinajstić information content (AvgIpc) is 2.92. The summed E-state index contributed by atoms with van der Waals surface area (Å²) in [6.07, 6.45) is 5.86. The Labute approximate surface area is 145 Å². The van der Waals surface area contributed by atoms with Crippen molar-refractivity contribution in [1.29, 1.82) is 0 Å². The molecule has 0 atom stereocenters. The van der Waals surface area contributed by atoms with Crippen molar-refractivity contribution >= 4 is 5.96 Å². The summed E-state index contributed by atoms with van der Waals surface area (Å²) >= 11 is 0. The van der Waals surface area contributed by atoms with Crippen molar-refractivity contribution in [3.05, 3.63) is 52.8 Å². The highest BCUT2D eigenvalue weighted by molar-refractivity contribution is 5.79. The molecule has 1 aromatic carbocycles. The van der Waals surface area contributed by atoms with E-state index in [4.69, 9.17) is 0 Å². The predicted octanol–water partition coefficient (Wildman–Crippen LogP) is 2.38. The second-order valence-electron chi connectivity index (χ2n) is 6.21. The van der Waals surface area contributed by atoms with Crippen molar-refractivity contribution in [3.8, 4) is 0 Å². The largest absolute Gasteiger partial charge is 0.357 e. The maximum absolute atomic E-state index is 4.68. The highest BCUT2D eigenvalue weighted by Crippen LogP contribution is 2.09. The van der Waals surface area contributed by atoms with Crippen molar-refractivity contribution in [1.82, 2.24) is 20.4 Å². The molecular formula is C19H29N5. The Morgan fingerprint density at radius 3 is 2.46 bits per heavy atom. The Morgan fingerprint density at radius 2 is 1.83 bits per heavy atom. The first-order chi connectivity index (χ1) is 11.6. The molecule has 5 nitrogen and oxygen atoms in total. The summed E-state index contributed by atoms with van der Waals surface area (Å²) < 4.78 is 1.83. The van der Waals surface area contributed by atoms with Gasteiger partial charge >= 0.3 is 0 Å². The molecule has 0 aliphatic carbocycles. The molecule has 0 fully saturated rings. The molecule has 0 saturated carbocycles. The van der Waals surface area contributed by atoms with Gasteiger partial charge in [-0.2, -0.15) is 5.10 Å². The van der Waals surface area contributed by atoms with E-state index < -0.39 is 0 Å². The molecule has 24 heavy (non-hydrogen) atoms. The van der Waals surface area contributed by atoms with Crippen LogP contribution < -0.4 is 10.6 Å². The normalized spacial score (nSPS) is 11.6. The van der Waals surface area contributed by atoms with Gasteiger partial charge in [-0.1, -0.05) is 29.3 Å². The van der Waals surface area contributed by atoms with Gasteiger partial charge in [0.15, 0.2) is 5.96 Å². The van der Waals surface area contributed by atoms with Crippen LogP contribution in [0.1, 0.15) is 29.2 Å². The minimum absolute atomic E-state index is 0.783. The summed E-state index contributed by atoms with van der Waals surface area (Å²) in [7, 11) is 1.94. The summed E-state index contributed by atoms with van der Waals surface area (Å²) in [5.41, 5.74) is 5.21. The maximum Gasteiger partial charge on any atom is 0.191 e. The number of nitrogens with zero attached hydrogens (tertiary/aromatic N) is 3. The van der Waals surface area contributed by atoms with E-state index in [2.05, 4.69) is 59.7 Å². The van der Waals surface area contributed by atoms with Crippen LogP contribution in [0.25, 0.3) is 0 Å². The Morgan fingerprint density at radius 1 is 1.08 bits per heavy atom. The number of aryl methyl sites for hydroxylation is 3. The third-order valence-corrected chi connectivity index (χ3v) is 3.76. The highest BCUT2D eigenvalue weighted by Gasteiger charge is 2.00. The SMILES string of the molecule is CCNC(=NCCc1cc(C)cc(C)c1)NCCc1cnn(C)c1. The minimum Gasteiger partial charge on any atom is -0.357 e. The lowest BCUT2D eigenvalue weighted by molar-refractivity contribution is 0.765. The van der Waals surface area contributed by atoms with Gasteiger partial charge in [0.1, 0.15) is 0 Å². The lowest BCUT2D eigenvalue weighted by atomic mass is 10.1. The van der Waals surface area contributed by atoms with E-state index >= 15 is 0 Å². The number of benzene rings is 1. The van der Waals surface area contributed by atoms with E-state index in [1.54, 1.807) is 0 Å². The van der Waals surface area contributed by atoms with Crippen molar-refractivity contribution < 1.29 is 0 Å². The molecule has 5 heteroatoms. The van der Waals surface area contributed by atoms with Crippen LogP contribution in [-0.2, 0) is 19.9 Å². The standard InChI is InChI=1S/C19H29N5/c1-5-20-19(22-9-7-18-13-23-24(4)14-18)21-8-6-17-11-15(2)10-16(3)12-17/h10-14H,5-9H2,1-4H3,(H2,20,21,22). The molecule has 2 N–H and O–H groups in total. The summed E-state index contributed by atoms with van der Waals surface area (Å²) in [6, 6.07) is 6.69. The van der Waals surface area contributed by atoms with Crippen molar-refractivity contribution in [2.75, 3.05) is 19.6 Å². The van der Waals surface area contributed by atoms with Gasteiger partial charge in [-0.05, 0) is 44.7 Å². The molecular weight excluding hydrogens is 298 g/mol. The predicted molar refractivity (Wildman–Crippen MR) is 101 cm³/mol. The first-order valence-electron chi connectivity index (χ1n) is 8.63. The topological polar surface area (TPSA) is 54.2 Å². The lowest BCUT2D eigenvalue weighted by Gasteiger charge is -2.11. The van der Waals surface area contributed by atoms with Crippen LogP contribution in [0.5, 0.6) is 0 Å².